The Balaban J connectivity index is 1.50. The maximum Gasteiger partial charge on any atom is 0.313 e. The molecule has 3 aromatic heterocycles. The van der Waals surface area contributed by atoms with E-state index in [4.69, 9.17) is 13.7 Å². The zero-order valence-electron chi connectivity index (χ0n) is 16.4. The molecular weight excluding hydrogens is 404 g/mol. The summed E-state index contributed by atoms with van der Waals surface area (Å²) in [6, 6.07) is 15.4. The predicted molar refractivity (Wildman–Crippen MR) is 110 cm³/mol. The Morgan fingerprint density at radius 3 is 2.80 bits per heavy atom. The van der Waals surface area contributed by atoms with Crippen molar-refractivity contribution < 1.29 is 18.5 Å². The second-order valence-electron chi connectivity index (χ2n) is 6.38. The highest BCUT2D eigenvalue weighted by atomic mass is 32.2. The van der Waals surface area contributed by atoms with Crippen LogP contribution in [0.1, 0.15) is 24.2 Å². The zero-order valence-corrected chi connectivity index (χ0v) is 17.2. The Morgan fingerprint density at radius 1 is 1.17 bits per heavy atom. The standard InChI is InChI=1S/C21H20N4O4S/c1-2-27-20(26)12-19-22-23-21(25(19)13-17-9-6-10-28-17)30-14-16-11-18(29-24-16)15-7-4-3-5-8-15/h3-11H,2,12-14H2,1H3. The Morgan fingerprint density at radius 2 is 2.03 bits per heavy atom. The highest BCUT2D eigenvalue weighted by Crippen LogP contribution is 2.26. The van der Waals surface area contributed by atoms with Crippen molar-refractivity contribution in [2.45, 2.75) is 30.8 Å². The van der Waals surface area contributed by atoms with Crippen molar-refractivity contribution >= 4 is 17.7 Å². The molecule has 0 aliphatic heterocycles. The zero-order chi connectivity index (χ0) is 20.8. The van der Waals surface area contributed by atoms with Gasteiger partial charge < -0.3 is 13.7 Å². The van der Waals surface area contributed by atoms with Crippen LogP contribution < -0.4 is 0 Å². The number of aromatic nitrogens is 4. The van der Waals surface area contributed by atoms with E-state index in [1.165, 1.54) is 11.8 Å². The lowest BCUT2D eigenvalue weighted by atomic mass is 10.2. The number of rotatable bonds is 9. The van der Waals surface area contributed by atoms with Crippen LogP contribution in [0.25, 0.3) is 11.3 Å². The van der Waals surface area contributed by atoms with E-state index in [-0.39, 0.29) is 12.4 Å². The maximum absolute atomic E-state index is 11.9. The van der Waals surface area contributed by atoms with Gasteiger partial charge in [0, 0.05) is 17.4 Å². The lowest BCUT2D eigenvalue weighted by Crippen LogP contribution is -2.13. The molecule has 9 heteroatoms. The molecule has 1 aromatic carbocycles. The molecule has 0 unspecified atom stereocenters. The van der Waals surface area contributed by atoms with E-state index in [2.05, 4.69) is 15.4 Å². The minimum absolute atomic E-state index is 0.0459. The largest absolute Gasteiger partial charge is 0.467 e. The first kappa shape index (κ1) is 20.0. The minimum atomic E-state index is -0.342. The Hall–Kier alpha value is -3.33. The first-order chi connectivity index (χ1) is 14.7. The van der Waals surface area contributed by atoms with Gasteiger partial charge in [-0.15, -0.1) is 10.2 Å². The molecule has 8 nitrogen and oxygen atoms in total. The average molecular weight is 424 g/mol. The number of thioether (sulfide) groups is 1. The summed E-state index contributed by atoms with van der Waals surface area (Å²) in [6.07, 6.45) is 1.66. The fourth-order valence-corrected chi connectivity index (χ4v) is 3.71. The quantitative estimate of drug-likeness (QED) is 0.294. The molecule has 0 bridgehead atoms. The van der Waals surface area contributed by atoms with Crippen LogP contribution in [-0.4, -0.2) is 32.5 Å². The van der Waals surface area contributed by atoms with Crippen molar-refractivity contribution in [3.8, 4) is 11.3 Å². The number of hydrogen-bond acceptors (Lipinski definition) is 8. The van der Waals surface area contributed by atoms with E-state index in [1.807, 2.05) is 53.1 Å². The van der Waals surface area contributed by atoms with E-state index >= 15 is 0 Å². The number of carbonyl (C=O) groups excluding carboxylic acids is 1. The summed E-state index contributed by atoms with van der Waals surface area (Å²) in [5, 5.41) is 13.3. The van der Waals surface area contributed by atoms with E-state index in [0.29, 0.717) is 35.6 Å². The summed E-state index contributed by atoms with van der Waals surface area (Å²) >= 11 is 1.46. The first-order valence-electron chi connectivity index (χ1n) is 9.47. The molecule has 4 aromatic rings. The molecule has 0 N–H and O–H groups in total. The minimum Gasteiger partial charge on any atom is -0.467 e. The third-order valence-electron chi connectivity index (χ3n) is 4.26. The summed E-state index contributed by atoms with van der Waals surface area (Å²) in [7, 11) is 0. The van der Waals surface area contributed by atoms with Crippen LogP contribution in [0, 0.1) is 0 Å². The Bertz CT molecular complexity index is 1090. The SMILES string of the molecule is CCOC(=O)Cc1nnc(SCc2cc(-c3ccccc3)on2)n1Cc1ccco1. The fourth-order valence-electron chi connectivity index (χ4n) is 2.87. The molecule has 30 heavy (non-hydrogen) atoms. The van der Waals surface area contributed by atoms with Crippen LogP contribution in [0.4, 0.5) is 0 Å². The molecule has 0 atom stereocenters. The predicted octanol–water partition coefficient (Wildman–Crippen LogP) is 3.97. The number of nitrogens with zero attached hydrogens (tertiary/aromatic N) is 4. The number of ether oxygens (including phenoxy) is 1. The van der Waals surface area contributed by atoms with Crippen LogP contribution in [-0.2, 0) is 28.2 Å². The summed E-state index contributed by atoms with van der Waals surface area (Å²) in [6.45, 7) is 2.52. The molecule has 0 aliphatic carbocycles. The van der Waals surface area contributed by atoms with Gasteiger partial charge in [-0.05, 0) is 19.1 Å². The van der Waals surface area contributed by atoms with Gasteiger partial charge in [0.15, 0.2) is 10.9 Å². The van der Waals surface area contributed by atoms with Gasteiger partial charge in [0.25, 0.3) is 0 Å². The van der Waals surface area contributed by atoms with Crippen molar-refractivity contribution in [3.63, 3.8) is 0 Å². The van der Waals surface area contributed by atoms with Crippen molar-refractivity contribution in [2.24, 2.45) is 0 Å². The van der Waals surface area contributed by atoms with E-state index in [9.17, 15) is 4.79 Å². The molecule has 0 amide bonds. The smallest absolute Gasteiger partial charge is 0.313 e. The summed E-state index contributed by atoms with van der Waals surface area (Å²) in [5.74, 6) is 2.19. The highest BCUT2D eigenvalue weighted by molar-refractivity contribution is 7.98. The van der Waals surface area contributed by atoms with Crippen molar-refractivity contribution in [2.75, 3.05) is 6.61 Å². The van der Waals surface area contributed by atoms with Gasteiger partial charge in [-0.3, -0.25) is 9.36 Å². The van der Waals surface area contributed by atoms with E-state index in [1.54, 1.807) is 13.2 Å². The molecule has 0 aliphatic rings. The summed E-state index contributed by atoms with van der Waals surface area (Å²) < 4.78 is 17.8. The Labute approximate surface area is 177 Å². The van der Waals surface area contributed by atoms with Crippen molar-refractivity contribution in [3.05, 3.63) is 72.1 Å². The normalized spacial score (nSPS) is 11.0. The van der Waals surface area contributed by atoms with E-state index in [0.717, 1.165) is 17.0 Å². The van der Waals surface area contributed by atoms with Gasteiger partial charge in [0.2, 0.25) is 0 Å². The van der Waals surface area contributed by atoms with Gasteiger partial charge in [0.1, 0.15) is 18.0 Å². The van der Waals surface area contributed by atoms with Crippen molar-refractivity contribution in [1.29, 1.82) is 0 Å². The lowest BCUT2D eigenvalue weighted by molar-refractivity contribution is -0.142. The van der Waals surface area contributed by atoms with Crippen LogP contribution >= 0.6 is 11.8 Å². The second kappa shape index (κ2) is 9.45. The van der Waals surface area contributed by atoms with Gasteiger partial charge in [0.05, 0.1) is 25.1 Å². The third kappa shape index (κ3) is 4.80. The van der Waals surface area contributed by atoms with Gasteiger partial charge in [-0.1, -0.05) is 47.3 Å². The van der Waals surface area contributed by atoms with Gasteiger partial charge >= 0.3 is 5.97 Å². The Kier molecular flexibility index (Phi) is 6.29. The second-order valence-corrected chi connectivity index (χ2v) is 7.33. The molecular formula is C21H20N4O4S. The van der Waals surface area contributed by atoms with Crippen molar-refractivity contribution in [1.82, 2.24) is 19.9 Å². The van der Waals surface area contributed by atoms with Gasteiger partial charge in [-0.25, -0.2) is 0 Å². The van der Waals surface area contributed by atoms with E-state index < -0.39 is 0 Å². The number of carbonyl (C=O) groups is 1. The lowest BCUT2D eigenvalue weighted by Gasteiger charge is -2.08. The molecule has 0 radical (unpaired) electrons. The topological polar surface area (TPSA) is 96.2 Å². The molecule has 0 saturated carbocycles. The monoisotopic (exact) mass is 424 g/mol. The van der Waals surface area contributed by atoms with Crippen LogP contribution in [0.2, 0.25) is 0 Å². The number of esters is 1. The third-order valence-corrected chi connectivity index (χ3v) is 5.26. The first-order valence-corrected chi connectivity index (χ1v) is 10.5. The van der Waals surface area contributed by atoms with Crippen LogP contribution in [0.3, 0.4) is 0 Å². The van der Waals surface area contributed by atoms with Gasteiger partial charge in [-0.2, -0.15) is 0 Å². The average Bonchev–Trinajstić information content (AvgIpc) is 3.51. The number of furan rings is 1. The molecule has 154 valence electrons. The fraction of sp³-hybridized carbons (Fsp3) is 0.238. The molecule has 0 spiro atoms. The summed E-state index contributed by atoms with van der Waals surface area (Å²) in [5.41, 5.74) is 1.76. The maximum atomic E-state index is 11.9. The summed E-state index contributed by atoms with van der Waals surface area (Å²) in [4.78, 5) is 11.9. The van der Waals surface area contributed by atoms with Crippen LogP contribution in [0.15, 0.2) is 68.9 Å². The molecule has 3 heterocycles. The molecule has 0 saturated heterocycles. The van der Waals surface area contributed by atoms with Crippen LogP contribution in [0.5, 0.6) is 0 Å². The highest BCUT2D eigenvalue weighted by Gasteiger charge is 2.18. The molecule has 0 fully saturated rings. The number of benzene rings is 1. The number of hydrogen-bond donors (Lipinski definition) is 0. The molecule has 4 rings (SSSR count).